The van der Waals surface area contributed by atoms with E-state index in [1.165, 1.54) is 0 Å². The van der Waals surface area contributed by atoms with Crippen molar-refractivity contribution in [3.8, 4) is 6.07 Å². The largest absolute Gasteiger partial charge is 0.289 e. The van der Waals surface area contributed by atoms with Crippen LogP contribution in [-0.2, 0) is 0 Å². The van der Waals surface area contributed by atoms with Gasteiger partial charge in [-0.25, -0.2) is 0 Å². The van der Waals surface area contributed by atoms with Crippen molar-refractivity contribution < 1.29 is 4.79 Å². The van der Waals surface area contributed by atoms with Crippen LogP contribution in [0.25, 0.3) is 0 Å². The van der Waals surface area contributed by atoms with Gasteiger partial charge in [-0.3, -0.25) is 4.79 Å². The van der Waals surface area contributed by atoms with Crippen molar-refractivity contribution in [3.63, 3.8) is 0 Å². The lowest BCUT2D eigenvalue weighted by Gasteiger charge is -2.11. The second-order valence-corrected chi connectivity index (χ2v) is 6.07. The number of carbonyl (C=O) groups excluding carboxylic acids is 1. The minimum absolute atomic E-state index is 0.202. The Kier molecular flexibility index (Phi) is 5.08. The second-order valence-electron chi connectivity index (χ2n) is 5.28. The molecule has 0 radical (unpaired) electrons. The van der Waals surface area contributed by atoms with Crippen molar-refractivity contribution in [1.82, 2.24) is 10.2 Å². The Bertz CT molecular complexity index is 951. The summed E-state index contributed by atoms with van der Waals surface area (Å²) in [4.78, 5) is 12.7. The molecule has 0 aliphatic heterocycles. The number of aromatic nitrogens is 2. The van der Waals surface area contributed by atoms with Gasteiger partial charge in [-0.1, -0.05) is 59.6 Å². The molecule has 1 heterocycles. The molecule has 2 aromatic carbocycles. The van der Waals surface area contributed by atoms with E-state index in [0.29, 0.717) is 27.4 Å². The number of halogens is 2. The molecule has 1 aromatic heterocycles. The van der Waals surface area contributed by atoms with Gasteiger partial charge < -0.3 is 0 Å². The summed E-state index contributed by atoms with van der Waals surface area (Å²) in [7, 11) is 0. The van der Waals surface area contributed by atoms with Crippen LogP contribution in [0.4, 0.5) is 0 Å². The highest BCUT2D eigenvalue weighted by Gasteiger charge is 2.20. The molecule has 1 atom stereocenters. The Morgan fingerprint density at radius 2 is 1.76 bits per heavy atom. The first-order valence-corrected chi connectivity index (χ1v) is 8.13. The topological polar surface area (TPSA) is 66.6 Å². The van der Waals surface area contributed by atoms with E-state index in [4.69, 9.17) is 23.2 Å². The highest BCUT2D eigenvalue weighted by Crippen LogP contribution is 2.28. The molecule has 1 unspecified atom stereocenters. The van der Waals surface area contributed by atoms with Crippen molar-refractivity contribution in [2.45, 2.75) is 5.92 Å². The van der Waals surface area contributed by atoms with Gasteiger partial charge in [0.25, 0.3) is 0 Å². The van der Waals surface area contributed by atoms with Crippen LogP contribution in [0, 0.1) is 11.3 Å². The molecule has 0 spiro atoms. The molecule has 0 saturated heterocycles. The maximum absolute atomic E-state index is 12.7. The Hall–Kier alpha value is -2.74. The normalized spacial score (nSPS) is 11.6. The number of ketones is 1. The number of rotatable bonds is 4. The van der Waals surface area contributed by atoms with Crippen LogP contribution in [-0.4, -0.2) is 16.0 Å². The average Bonchev–Trinajstić information content (AvgIpc) is 2.65. The molecule has 0 saturated carbocycles. The molecule has 0 N–H and O–H groups in total. The van der Waals surface area contributed by atoms with Crippen LogP contribution < -0.4 is 0 Å². The number of carbonyl (C=O) groups is 1. The van der Waals surface area contributed by atoms with Crippen molar-refractivity contribution in [3.05, 3.63) is 93.2 Å². The predicted molar refractivity (Wildman–Crippen MR) is 95.8 cm³/mol. The first-order valence-electron chi connectivity index (χ1n) is 7.38. The van der Waals surface area contributed by atoms with E-state index < -0.39 is 5.92 Å². The van der Waals surface area contributed by atoms with Gasteiger partial charge in [-0.2, -0.15) is 10.4 Å². The number of nitriles is 1. The summed E-state index contributed by atoms with van der Waals surface area (Å²) in [6.07, 6.45) is 0. The number of hydrogen-bond donors (Lipinski definition) is 0. The fraction of sp³-hybridized carbons (Fsp3) is 0.0526. The number of nitrogens with zero attached hydrogens (tertiary/aromatic N) is 3. The van der Waals surface area contributed by atoms with Crippen LogP contribution >= 0.6 is 23.2 Å². The predicted octanol–water partition coefficient (Wildman–Crippen LogP) is 4.67. The third-order valence-corrected chi connectivity index (χ3v) is 4.21. The van der Waals surface area contributed by atoms with Crippen LogP contribution in [0.15, 0.2) is 60.7 Å². The molecule has 0 aliphatic carbocycles. The minimum atomic E-state index is -0.677. The molecular weight excluding hydrogens is 357 g/mol. The molecule has 122 valence electrons. The standard InChI is InChI=1S/C19H11Cl2N3O/c20-16-7-6-13(15(11-22)17-8-9-18(21)24-23-17)10-14(16)19(25)12-4-2-1-3-5-12/h1-10,15H. The summed E-state index contributed by atoms with van der Waals surface area (Å²) < 4.78 is 0. The smallest absolute Gasteiger partial charge is 0.194 e. The van der Waals surface area contributed by atoms with E-state index in [1.807, 2.05) is 6.07 Å². The van der Waals surface area contributed by atoms with Gasteiger partial charge in [0.1, 0.15) is 5.92 Å². The third-order valence-electron chi connectivity index (χ3n) is 3.68. The lowest BCUT2D eigenvalue weighted by molar-refractivity contribution is 0.103. The summed E-state index contributed by atoms with van der Waals surface area (Å²) in [5, 5.41) is 17.9. The quantitative estimate of drug-likeness (QED) is 0.628. The molecule has 0 fully saturated rings. The second kappa shape index (κ2) is 7.43. The van der Waals surface area contributed by atoms with Gasteiger partial charge >= 0.3 is 0 Å². The SMILES string of the molecule is N#CC(c1ccc(Cl)c(C(=O)c2ccccc2)c1)c1ccc(Cl)nn1. The van der Waals surface area contributed by atoms with Crippen LogP contribution in [0.5, 0.6) is 0 Å². The summed E-state index contributed by atoms with van der Waals surface area (Å²) in [6, 6.07) is 19.2. The van der Waals surface area contributed by atoms with Crippen LogP contribution in [0.2, 0.25) is 10.2 Å². The average molecular weight is 368 g/mol. The van der Waals surface area contributed by atoms with E-state index >= 15 is 0 Å². The van der Waals surface area contributed by atoms with Gasteiger partial charge in [0.15, 0.2) is 10.9 Å². The Morgan fingerprint density at radius 1 is 1.00 bits per heavy atom. The summed E-state index contributed by atoms with van der Waals surface area (Å²) in [5.74, 6) is -0.879. The van der Waals surface area contributed by atoms with E-state index in [0.717, 1.165) is 0 Å². The van der Waals surface area contributed by atoms with Gasteiger partial charge in [0.05, 0.1) is 16.8 Å². The molecular formula is C19H11Cl2N3O. The Balaban J connectivity index is 2.02. The lowest BCUT2D eigenvalue weighted by Crippen LogP contribution is -2.06. The fourth-order valence-corrected chi connectivity index (χ4v) is 2.74. The summed E-state index contributed by atoms with van der Waals surface area (Å²) in [6.45, 7) is 0. The molecule has 4 nitrogen and oxygen atoms in total. The molecule has 6 heteroatoms. The minimum Gasteiger partial charge on any atom is -0.289 e. The molecule has 0 bridgehead atoms. The Morgan fingerprint density at radius 3 is 2.40 bits per heavy atom. The van der Waals surface area contributed by atoms with Crippen molar-refractivity contribution in [2.24, 2.45) is 0 Å². The van der Waals surface area contributed by atoms with Crippen LogP contribution in [0.3, 0.4) is 0 Å². The number of benzene rings is 2. The zero-order valence-corrected chi connectivity index (χ0v) is 14.4. The Labute approximate surface area is 154 Å². The monoisotopic (exact) mass is 367 g/mol. The van der Waals surface area contributed by atoms with Crippen LogP contribution in [0.1, 0.15) is 33.1 Å². The van der Waals surface area contributed by atoms with Crippen molar-refractivity contribution >= 4 is 29.0 Å². The molecule has 0 amide bonds. The maximum Gasteiger partial charge on any atom is 0.194 e. The van der Waals surface area contributed by atoms with E-state index in [1.54, 1.807) is 54.6 Å². The summed E-state index contributed by atoms with van der Waals surface area (Å²) >= 11 is 11.9. The molecule has 25 heavy (non-hydrogen) atoms. The lowest BCUT2D eigenvalue weighted by atomic mass is 9.93. The molecule has 3 rings (SSSR count). The first kappa shape index (κ1) is 17.1. The zero-order chi connectivity index (χ0) is 17.8. The van der Waals surface area contributed by atoms with Gasteiger partial charge in [-0.15, -0.1) is 5.10 Å². The van der Waals surface area contributed by atoms with E-state index in [9.17, 15) is 10.1 Å². The highest BCUT2D eigenvalue weighted by atomic mass is 35.5. The molecule has 3 aromatic rings. The maximum atomic E-state index is 12.7. The van der Waals surface area contributed by atoms with Crippen molar-refractivity contribution in [2.75, 3.05) is 0 Å². The summed E-state index contributed by atoms with van der Waals surface area (Å²) in [5.41, 5.74) is 1.93. The fourth-order valence-electron chi connectivity index (χ4n) is 2.43. The van der Waals surface area contributed by atoms with Gasteiger partial charge in [-0.05, 0) is 29.8 Å². The number of hydrogen-bond acceptors (Lipinski definition) is 4. The van der Waals surface area contributed by atoms with Crippen molar-refractivity contribution in [1.29, 1.82) is 5.26 Å². The van der Waals surface area contributed by atoms with E-state index in [-0.39, 0.29) is 10.9 Å². The van der Waals surface area contributed by atoms with E-state index in [2.05, 4.69) is 16.3 Å². The first-order chi connectivity index (χ1) is 12.1. The highest BCUT2D eigenvalue weighted by molar-refractivity contribution is 6.35. The van der Waals surface area contributed by atoms with Gasteiger partial charge in [0.2, 0.25) is 0 Å². The zero-order valence-electron chi connectivity index (χ0n) is 12.9. The molecule has 0 aliphatic rings. The van der Waals surface area contributed by atoms with Gasteiger partial charge in [0, 0.05) is 11.1 Å². The third kappa shape index (κ3) is 3.69.